The average molecular weight is 531 g/mol. The van der Waals surface area contributed by atoms with Gasteiger partial charge >= 0.3 is 5.97 Å². The standard InChI is InChI=1S/C20H14BrCl2NO5S/c1-28-18(25)10-29-16-5-3-11(6-13(16)21)8-17-19(26)24(20(27)30-17)9-12-2-4-14(22)15(23)7-12/h2-8H,9-10H2,1H3/b17-8+. The first-order chi connectivity index (χ1) is 14.3. The Morgan fingerprint density at radius 1 is 1.17 bits per heavy atom. The molecule has 0 aliphatic carbocycles. The minimum atomic E-state index is -0.498. The molecule has 2 aromatic rings. The van der Waals surface area contributed by atoms with Crippen LogP contribution in [0.2, 0.25) is 10.0 Å². The van der Waals surface area contributed by atoms with Crippen molar-refractivity contribution in [2.24, 2.45) is 0 Å². The first-order valence-electron chi connectivity index (χ1n) is 8.47. The normalized spacial score (nSPS) is 15.1. The Kier molecular flexibility index (Phi) is 7.46. The summed E-state index contributed by atoms with van der Waals surface area (Å²) in [4.78, 5) is 37.7. The molecule has 0 spiro atoms. The maximum Gasteiger partial charge on any atom is 0.343 e. The molecule has 2 amide bonds. The molecule has 10 heteroatoms. The number of carbonyl (C=O) groups is 3. The molecular formula is C20H14BrCl2NO5S. The summed E-state index contributed by atoms with van der Waals surface area (Å²) in [5.74, 6) is -0.440. The van der Waals surface area contributed by atoms with Gasteiger partial charge in [0.1, 0.15) is 5.75 Å². The molecule has 0 radical (unpaired) electrons. The highest BCUT2D eigenvalue weighted by molar-refractivity contribution is 9.10. The molecule has 1 saturated heterocycles. The number of methoxy groups -OCH3 is 1. The van der Waals surface area contributed by atoms with Crippen LogP contribution in [-0.2, 0) is 20.9 Å². The van der Waals surface area contributed by atoms with Crippen LogP contribution in [0.5, 0.6) is 5.75 Å². The number of rotatable bonds is 6. The van der Waals surface area contributed by atoms with Crippen LogP contribution in [0.25, 0.3) is 6.08 Å². The summed E-state index contributed by atoms with van der Waals surface area (Å²) in [5.41, 5.74) is 1.38. The van der Waals surface area contributed by atoms with Crippen molar-refractivity contribution in [3.63, 3.8) is 0 Å². The highest BCUT2D eigenvalue weighted by atomic mass is 79.9. The van der Waals surface area contributed by atoms with Crippen molar-refractivity contribution in [1.82, 2.24) is 4.90 Å². The molecule has 0 unspecified atom stereocenters. The Morgan fingerprint density at radius 3 is 2.60 bits per heavy atom. The highest BCUT2D eigenvalue weighted by Gasteiger charge is 2.35. The predicted octanol–water partition coefficient (Wildman–Crippen LogP) is 5.54. The van der Waals surface area contributed by atoms with E-state index in [0.29, 0.717) is 36.3 Å². The summed E-state index contributed by atoms with van der Waals surface area (Å²) in [6, 6.07) is 10.0. The summed E-state index contributed by atoms with van der Waals surface area (Å²) in [6.07, 6.45) is 1.62. The number of halogens is 3. The zero-order valence-corrected chi connectivity index (χ0v) is 19.4. The third-order valence-electron chi connectivity index (χ3n) is 4.03. The number of thioether (sulfide) groups is 1. The van der Waals surface area contributed by atoms with Crippen molar-refractivity contribution < 1.29 is 23.9 Å². The van der Waals surface area contributed by atoms with Crippen LogP contribution in [0.3, 0.4) is 0 Å². The molecule has 0 saturated carbocycles. The van der Waals surface area contributed by atoms with E-state index in [1.807, 2.05) is 0 Å². The third kappa shape index (κ3) is 5.37. The number of imide groups is 1. The third-order valence-corrected chi connectivity index (χ3v) is 6.29. The van der Waals surface area contributed by atoms with Gasteiger partial charge in [0, 0.05) is 0 Å². The fourth-order valence-electron chi connectivity index (χ4n) is 2.53. The lowest BCUT2D eigenvalue weighted by atomic mass is 10.2. The minimum absolute atomic E-state index is 0.100. The number of hydrogen-bond donors (Lipinski definition) is 0. The summed E-state index contributed by atoms with van der Waals surface area (Å²) in [7, 11) is 1.28. The zero-order chi connectivity index (χ0) is 21.8. The second-order valence-electron chi connectivity index (χ2n) is 6.07. The first-order valence-corrected chi connectivity index (χ1v) is 10.8. The molecule has 0 atom stereocenters. The van der Waals surface area contributed by atoms with E-state index in [0.717, 1.165) is 16.7 Å². The van der Waals surface area contributed by atoms with Crippen LogP contribution in [0.1, 0.15) is 11.1 Å². The number of amides is 2. The SMILES string of the molecule is COC(=O)COc1ccc(/C=C2/SC(=O)N(Cc3ccc(Cl)c(Cl)c3)C2=O)cc1Br. The Morgan fingerprint density at radius 2 is 1.93 bits per heavy atom. The average Bonchev–Trinajstić information content (AvgIpc) is 2.97. The number of benzene rings is 2. The monoisotopic (exact) mass is 529 g/mol. The number of ether oxygens (including phenoxy) is 2. The van der Waals surface area contributed by atoms with Gasteiger partial charge in [-0.2, -0.15) is 0 Å². The van der Waals surface area contributed by atoms with E-state index in [2.05, 4.69) is 20.7 Å². The fourth-order valence-corrected chi connectivity index (χ4v) is 4.20. The Labute approximate surface area is 195 Å². The zero-order valence-electron chi connectivity index (χ0n) is 15.5. The van der Waals surface area contributed by atoms with E-state index in [9.17, 15) is 14.4 Å². The smallest absolute Gasteiger partial charge is 0.343 e. The first kappa shape index (κ1) is 22.7. The Hall–Kier alpha value is -2.00. The van der Waals surface area contributed by atoms with Crippen LogP contribution in [-0.4, -0.2) is 35.7 Å². The maximum atomic E-state index is 12.7. The molecule has 1 aliphatic heterocycles. The van der Waals surface area contributed by atoms with Crippen molar-refractivity contribution in [3.8, 4) is 5.75 Å². The van der Waals surface area contributed by atoms with E-state index >= 15 is 0 Å². The number of esters is 1. The topological polar surface area (TPSA) is 72.9 Å². The van der Waals surface area contributed by atoms with Crippen molar-refractivity contribution in [1.29, 1.82) is 0 Å². The molecule has 0 bridgehead atoms. The highest BCUT2D eigenvalue weighted by Crippen LogP contribution is 2.35. The molecule has 156 valence electrons. The predicted molar refractivity (Wildman–Crippen MR) is 120 cm³/mol. The van der Waals surface area contributed by atoms with Crippen LogP contribution in [0, 0.1) is 0 Å². The maximum absolute atomic E-state index is 12.7. The van der Waals surface area contributed by atoms with Gasteiger partial charge in [0.2, 0.25) is 0 Å². The van der Waals surface area contributed by atoms with Gasteiger partial charge in [-0.1, -0.05) is 35.3 Å². The quantitative estimate of drug-likeness (QED) is 0.360. The van der Waals surface area contributed by atoms with Gasteiger partial charge < -0.3 is 9.47 Å². The van der Waals surface area contributed by atoms with Gasteiger partial charge in [0.15, 0.2) is 6.61 Å². The van der Waals surface area contributed by atoms with E-state index in [-0.39, 0.29) is 18.4 Å². The Balaban J connectivity index is 1.74. The number of hydrogen-bond acceptors (Lipinski definition) is 6. The van der Waals surface area contributed by atoms with E-state index in [4.69, 9.17) is 27.9 Å². The molecule has 2 aromatic carbocycles. The summed E-state index contributed by atoms with van der Waals surface area (Å²) < 4.78 is 10.5. The van der Waals surface area contributed by atoms with E-state index in [1.165, 1.54) is 7.11 Å². The molecule has 3 rings (SSSR count). The van der Waals surface area contributed by atoms with Gasteiger partial charge in [0.25, 0.3) is 11.1 Å². The summed E-state index contributed by atoms with van der Waals surface area (Å²) in [6.45, 7) is -0.120. The molecule has 1 aliphatic rings. The molecular weight excluding hydrogens is 517 g/mol. The van der Waals surface area contributed by atoms with Crippen molar-refractivity contribution in [3.05, 3.63) is 66.9 Å². The lowest BCUT2D eigenvalue weighted by molar-refractivity contribution is -0.142. The molecule has 0 N–H and O–H groups in total. The summed E-state index contributed by atoms with van der Waals surface area (Å²) >= 11 is 16.1. The lowest BCUT2D eigenvalue weighted by Gasteiger charge is -2.13. The van der Waals surface area contributed by atoms with Crippen LogP contribution in [0.4, 0.5) is 4.79 Å². The summed E-state index contributed by atoms with van der Waals surface area (Å²) in [5, 5.41) is 0.393. The van der Waals surface area contributed by atoms with Gasteiger partial charge in [0.05, 0.1) is 33.1 Å². The van der Waals surface area contributed by atoms with Crippen molar-refractivity contribution >= 4 is 74.1 Å². The second kappa shape index (κ2) is 9.87. The number of carbonyl (C=O) groups excluding carboxylic acids is 3. The largest absolute Gasteiger partial charge is 0.481 e. The number of nitrogens with zero attached hydrogens (tertiary/aromatic N) is 1. The molecule has 6 nitrogen and oxygen atoms in total. The molecule has 0 aromatic heterocycles. The van der Waals surface area contributed by atoms with Gasteiger partial charge in [-0.25, -0.2) is 4.79 Å². The van der Waals surface area contributed by atoms with Crippen LogP contribution in [0.15, 0.2) is 45.8 Å². The van der Waals surface area contributed by atoms with Gasteiger partial charge in [-0.15, -0.1) is 0 Å². The molecule has 1 heterocycles. The second-order valence-corrected chi connectivity index (χ2v) is 8.73. The Bertz CT molecular complexity index is 1060. The minimum Gasteiger partial charge on any atom is -0.481 e. The molecule has 1 fully saturated rings. The lowest BCUT2D eigenvalue weighted by Crippen LogP contribution is -2.27. The van der Waals surface area contributed by atoms with Crippen molar-refractivity contribution in [2.75, 3.05) is 13.7 Å². The van der Waals surface area contributed by atoms with Crippen molar-refractivity contribution in [2.45, 2.75) is 6.54 Å². The van der Waals surface area contributed by atoms with Crippen LogP contribution >= 0.6 is 50.9 Å². The van der Waals surface area contributed by atoms with Gasteiger partial charge in [-0.05, 0) is 69.2 Å². The van der Waals surface area contributed by atoms with E-state index in [1.54, 1.807) is 42.5 Å². The van der Waals surface area contributed by atoms with E-state index < -0.39 is 11.9 Å². The molecule has 30 heavy (non-hydrogen) atoms. The van der Waals surface area contributed by atoms with Gasteiger partial charge in [-0.3, -0.25) is 14.5 Å². The van der Waals surface area contributed by atoms with Crippen LogP contribution < -0.4 is 4.74 Å². The fraction of sp³-hybridized carbons (Fsp3) is 0.150.